The molecule has 2 heterocycles. The highest BCUT2D eigenvalue weighted by atomic mass is 16.5. The summed E-state index contributed by atoms with van der Waals surface area (Å²) in [7, 11) is 0. The number of nitrogens with zero attached hydrogens (tertiary/aromatic N) is 2. The van der Waals surface area contributed by atoms with E-state index in [0.29, 0.717) is 19.3 Å². The summed E-state index contributed by atoms with van der Waals surface area (Å²) >= 11 is 0. The molecule has 1 fully saturated rings. The standard InChI is InChI=1S/C20H21N3O2/c1-2-3-11-20(22-23-20)13-8-18(24)21-16-5-6-17-15(14-16)7-12-19(25-17)9-4-10-19/h1,5-7,12,14H,3-4,8-11,13H2,(H,21,24). The average molecular weight is 335 g/mol. The van der Waals surface area contributed by atoms with Gasteiger partial charge < -0.3 is 10.1 Å². The van der Waals surface area contributed by atoms with Gasteiger partial charge in [-0.1, -0.05) is 6.08 Å². The van der Waals surface area contributed by atoms with E-state index in [0.717, 1.165) is 36.3 Å². The second kappa shape index (κ2) is 6.03. The summed E-state index contributed by atoms with van der Waals surface area (Å²) in [5.41, 5.74) is 1.30. The molecule has 1 N–H and O–H groups in total. The highest BCUT2D eigenvalue weighted by Crippen LogP contribution is 2.43. The van der Waals surface area contributed by atoms with Gasteiger partial charge in [0.25, 0.3) is 0 Å². The minimum absolute atomic E-state index is 0.0338. The number of benzene rings is 1. The van der Waals surface area contributed by atoms with Crippen LogP contribution in [0.3, 0.4) is 0 Å². The molecular weight excluding hydrogens is 314 g/mol. The topological polar surface area (TPSA) is 63.0 Å². The van der Waals surface area contributed by atoms with Crippen LogP contribution in [0.15, 0.2) is 34.5 Å². The van der Waals surface area contributed by atoms with Gasteiger partial charge in [0, 0.05) is 36.9 Å². The van der Waals surface area contributed by atoms with E-state index in [2.05, 4.69) is 33.6 Å². The summed E-state index contributed by atoms with van der Waals surface area (Å²) in [6, 6.07) is 5.78. The first-order chi connectivity index (χ1) is 12.1. The van der Waals surface area contributed by atoms with Gasteiger partial charge in [0.05, 0.1) is 0 Å². The third kappa shape index (κ3) is 3.30. The molecule has 1 aliphatic carbocycles. The van der Waals surface area contributed by atoms with Crippen LogP contribution in [-0.4, -0.2) is 17.2 Å². The molecule has 3 aliphatic rings. The van der Waals surface area contributed by atoms with Crippen LogP contribution in [0.1, 0.15) is 50.5 Å². The summed E-state index contributed by atoms with van der Waals surface area (Å²) in [5.74, 6) is 3.45. The highest BCUT2D eigenvalue weighted by Gasteiger charge is 2.40. The third-order valence-corrected chi connectivity index (χ3v) is 5.18. The minimum atomic E-state index is -0.409. The lowest BCUT2D eigenvalue weighted by molar-refractivity contribution is -0.116. The zero-order chi connectivity index (χ0) is 17.3. The monoisotopic (exact) mass is 335 g/mol. The number of ether oxygens (including phenoxy) is 1. The number of hydrogen-bond donors (Lipinski definition) is 1. The molecule has 1 aromatic rings. The van der Waals surface area contributed by atoms with Crippen LogP contribution >= 0.6 is 0 Å². The predicted octanol–water partition coefficient (Wildman–Crippen LogP) is 4.31. The van der Waals surface area contributed by atoms with Crippen LogP contribution < -0.4 is 10.1 Å². The molecule has 1 spiro atoms. The Morgan fingerprint density at radius 1 is 1.32 bits per heavy atom. The molecule has 25 heavy (non-hydrogen) atoms. The van der Waals surface area contributed by atoms with Crippen molar-refractivity contribution in [2.75, 3.05) is 5.32 Å². The molecule has 0 bridgehead atoms. The van der Waals surface area contributed by atoms with E-state index in [4.69, 9.17) is 11.2 Å². The smallest absolute Gasteiger partial charge is 0.224 e. The molecule has 5 heteroatoms. The molecule has 2 aliphatic heterocycles. The Labute approximate surface area is 147 Å². The molecule has 1 saturated carbocycles. The maximum absolute atomic E-state index is 12.2. The van der Waals surface area contributed by atoms with Crippen molar-refractivity contribution in [3.8, 4) is 18.1 Å². The van der Waals surface area contributed by atoms with Gasteiger partial charge in [0.15, 0.2) is 5.66 Å². The Balaban J connectivity index is 1.33. The van der Waals surface area contributed by atoms with Crippen LogP contribution in [-0.2, 0) is 4.79 Å². The maximum Gasteiger partial charge on any atom is 0.224 e. The Morgan fingerprint density at radius 2 is 2.16 bits per heavy atom. The number of carbonyl (C=O) groups excluding carboxylic acids is 1. The first kappa shape index (κ1) is 15.9. The van der Waals surface area contributed by atoms with E-state index < -0.39 is 5.66 Å². The zero-order valence-corrected chi connectivity index (χ0v) is 14.1. The summed E-state index contributed by atoms with van der Waals surface area (Å²) < 4.78 is 6.11. The SMILES string of the molecule is C#CCCC1(CCC(=O)Nc2ccc3c(c2)C=CC2(CCC2)O3)N=N1. The normalized spacial score (nSPS) is 20.1. The molecule has 0 radical (unpaired) electrons. The van der Waals surface area contributed by atoms with E-state index in [1.54, 1.807) is 0 Å². The van der Waals surface area contributed by atoms with Gasteiger partial charge >= 0.3 is 0 Å². The van der Waals surface area contributed by atoms with Crippen molar-refractivity contribution in [1.82, 2.24) is 0 Å². The van der Waals surface area contributed by atoms with Gasteiger partial charge in [-0.3, -0.25) is 4.79 Å². The molecular formula is C20H21N3O2. The molecule has 0 saturated heterocycles. The Hall–Kier alpha value is -2.61. The van der Waals surface area contributed by atoms with E-state index in [1.165, 1.54) is 6.42 Å². The number of anilines is 1. The number of fused-ring (bicyclic) bond motifs is 1. The lowest BCUT2D eigenvalue weighted by Gasteiger charge is -2.41. The van der Waals surface area contributed by atoms with Crippen molar-refractivity contribution in [3.63, 3.8) is 0 Å². The minimum Gasteiger partial charge on any atom is -0.483 e. The quantitative estimate of drug-likeness (QED) is 0.787. The summed E-state index contributed by atoms with van der Waals surface area (Å²) in [6.45, 7) is 0. The van der Waals surface area contributed by atoms with Crippen molar-refractivity contribution >= 4 is 17.7 Å². The van der Waals surface area contributed by atoms with Gasteiger partial charge in [-0.05, 0) is 43.5 Å². The first-order valence-electron chi connectivity index (χ1n) is 8.82. The van der Waals surface area contributed by atoms with Crippen LogP contribution in [0.4, 0.5) is 5.69 Å². The number of hydrogen-bond acceptors (Lipinski definition) is 4. The van der Waals surface area contributed by atoms with E-state index in [9.17, 15) is 4.79 Å². The number of amides is 1. The molecule has 0 unspecified atom stereocenters. The van der Waals surface area contributed by atoms with E-state index in [1.807, 2.05) is 18.2 Å². The summed E-state index contributed by atoms with van der Waals surface area (Å²) in [5, 5.41) is 11.1. The largest absolute Gasteiger partial charge is 0.483 e. The molecule has 4 rings (SSSR count). The first-order valence-corrected chi connectivity index (χ1v) is 8.82. The molecule has 5 nitrogen and oxygen atoms in total. The van der Waals surface area contributed by atoms with Crippen molar-refractivity contribution in [2.24, 2.45) is 10.2 Å². The fourth-order valence-corrected chi connectivity index (χ4v) is 3.34. The zero-order valence-electron chi connectivity index (χ0n) is 14.1. The van der Waals surface area contributed by atoms with Gasteiger partial charge in [0.1, 0.15) is 11.4 Å². The Morgan fingerprint density at radius 3 is 2.84 bits per heavy atom. The Bertz CT molecular complexity index is 794. The second-order valence-electron chi connectivity index (χ2n) is 7.04. The Kier molecular flexibility index (Phi) is 3.84. The van der Waals surface area contributed by atoms with Crippen molar-refractivity contribution in [2.45, 2.75) is 56.2 Å². The van der Waals surface area contributed by atoms with Crippen molar-refractivity contribution in [1.29, 1.82) is 0 Å². The second-order valence-corrected chi connectivity index (χ2v) is 7.04. The average Bonchev–Trinajstić information content (AvgIpc) is 3.37. The van der Waals surface area contributed by atoms with Gasteiger partial charge in [0.2, 0.25) is 5.91 Å². The summed E-state index contributed by atoms with van der Waals surface area (Å²) in [4.78, 5) is 12.2. The number of carbonyl (C=O) groups is 1. The number of terminal acetylenes is 1. The van der Waals surface area contributed by atoms with Crippen LogP contribution in [0.5, 0.6) is 5.75 Å². The number of rotatable bonds is 6. The van der Waals surface area contributed by atoms with Gasteiger partial charge in [-0.25, -0.2) is 0 Å². The molecule has 1 amide bonds. The molecule has 0 aromatic heterocycles. The molecule has 0 atom stereocenters. The highest BCUT2D eigenvalue weighted by molar-refractivity contribution is 5.91. The fraction of sp³-hybridized carbons (Fsp3) is 0.450. The van der Waals surface area contributed by atoms with Crippen molar-refractivity contribution in [3.05, 3.63) is 29.8 Å². The maximum atomic E-state index is 12.2. The van der Waals surface area contributed by atoms with Gasteiger partial charge in [-0.2, -0.15) is 10.2 Å². The fourth-order valence-electron chi connectivity index (χ4n) is 3.34. The van der Waals surface area contributed by atoms with Crippen LogP contribution in [0, 0.1) is 12.3 Å². The van der Waals surface area contributed by atoms with Crippen LogP contribution in [0.25, 0.3) is 6.08 Å². The van der Waals surface area contributed by atoms with Crippen LogP contribution in [0.2, 0.25) is 0 Å². The predicted molar refractivity (Wildman–Crippen MR) is 96.2 cm³/mol. The van der Waals surface area contributed by atoms with E-state index >= 15 is 0 Å². The molecule has 128 valence electrons. The lowest BCUT2D eigenvalue weighted by Crippen LogP contribution is -2.42. The van der Waals surface area contributed by atoms with Gasteiger partial charge in [-0.15, -0.1) is 12.3 Å². The summed E-state index contributed by atoms with van der Waals surface area (Å²) in [6.07, 6.45) is 15.3. The van der Waals surface area contributed by atoms with Crippen molar-refractivity contribution < 1.29 is 9.53 Å². The number of nitrogens with one attached hydrogen (secondary N) is 1. The van der Waals surface area contributed by atoms with E-state index in [-0.39, 0.29) is 11.5 Å². The molecule has 1 aromatic carbocycles. The third-order valence-electron chi connectivity index (χ3n) is 5.18. The lowest BCUT2D eigenvalue weighted by atomic mass is 9.78.